The highest BCUT2D eigenvalue weighted by Crippen LogP contribution is 2.45. The quantitative estimate of drug-likeness (QED) is 0.478. The molecule has 0 bridgehead atoms. The molecule has 0 aromatic heterocycles. The Balaban J connectivity index is 1.82. The number of hydrogen-bond donors (Lipinski definition) is 0. The zero-order valence-electron chi connectivity index (χ0n) is 12.1. The monoisotopic (exact) mass is 335 g/mol. The van der Waals surface area contributed by atoms with Crippen molar-refractivity contribution >= 4 is 35.2 Å². The number of carbonyl (C=O) groups is 1. The van der Waals surface area contributed by atoms with Crippen LogP contribution < -0.4 is 4.74 Å². The van der Waals surface area contributed by atoms with Gasteiger partial charge < -0.3 is 9.47 Å². The number of alkyl halides is 1. The number of carbonyl (C=O) groups excluding carboxylic acids is 1. The fourth-order valence-electron chi connectivity index (χ4n) is 2.10. The van der Waals surface area contributed by atoms with E-state index in [4.69, 9.17) is 21.1 Å². The number of hydrogen-bond acceptors (Lipinski definition) is 5. The molecule has 0 fully saturated rings. The van der Waals surface area contributed by atoms with Crippen LogP contribution in [0.5, 0.6) is 5.75 Å². The number of ether oxygens (including phenoxy) is 2. The van der Waals surface area contributed by atoms with Crippen molar-refractivity contribution in [1.29, 1.82) is 0 Å². The number of aliphatic imine (C=N–C) groups is 1. The van der Waals surface area contributed by atoms with Crippen molar-refractivity contribution < 1.29 is 14.3 Å². The third-order valence-corrected chi connectivity index (χ3v) is 4.73. The molecule has 1 atom stereocenters. The summed E-state index contributed by atoms with van der Waals surface area (Å²) in [6.45, 7) is 1.94. The number of thioether (sulfide) groups is 1. The van der Waals surface area contributed by atoms with E-state index in [1.165, 1.54) is 11.8 Å². The normalized spacial score (nSPS) is 26.0. The predicted octanol–water partition coefficient (Wildman–Crippen LogP) is 3.86. The molecule has 2 heterocycles. The van der Waals surface area contributed by atoms with Gasteiger partial charge in [-0.2, -0.15) is 0 Å². The number of methoxy groups -OCH3 is 1. The van der Waals surface area contributed by atoms with E-state index in [0.717, 1.165) is 22.6 Å². The molecule has 0 aliphatic carbocycles. The zero-order valence-corrected chi connectivity index (χ0v) is 13.7. The van der Waals surface area contributed by atoms with Gasteiger partial charge in [0.2, 0.25) is 5.90 Å². The van der Waals surface area contributed by atoms with Crippen molar-refractivity contribution in [3.63, 3.8) is 0 Å². The van der Waals surface area contributed by atoms with Crippen molar-refractivity contribution in [2.24, 2.45) is 4.99 Å². The van der Waals surface area contributed by atoms with Crippen LogP contribution in [-0.4, -0.2) is 23.2 Å². The summed E-state index contributed by atoms with van der Waals surface area (Å²) >= 11 is 7.77. The van der Waals surface area contributed by atoms with Crippen LogP contribution in [0.1, 0.15) is 18.9 Å². The van der Waals surface area contributed by atoms with E-state index in [1.54, 1.807) is 37.5 Å². The minimum atomic E-state index is -0.449. The topological polar surface area (TPSA) is 47.9 Å². The van der Waals surface area contributed by atoms with E-state index < -0.39 is 5.97 Å². The Hall–Kier alpha value is -1.72. The van der Waals surface area contributed by atoms with Crippen LogP contribution in [-0.2, 0) is 9.53 Å². The second-order valence-corrected chi connectivity index (χ2v) is 7.71. The molecule has 2 aliphatic heterocycles. The van der Waals surface area contributed by atoms with Gasteiger partial charge in [0.25, 0.3) is 0 Å². The first-order chi connectivity index (χ1) is 10.5. The summed E-state index contributed by atoms with van der Waals surface area (Å²) in [7, 11) is 1.60. The van der Waals surface area contributed by atoms with Gasteiger partial charge in [-0.05, 0) is 43.7 Å². The minimum Gasteiger partial charge on any atom is -0.497 e. The molecular weight excluding hydrogens is 322 g/mol. The van der Waals surface area contributed by atoms with Crippen molar-refractivity contribution in [1.82, 2.24) is 0 Å². The maximum Gasteiger partial charge on any atom is 0.363 e. The molecule has 2 aliphatic rings. The van der Waals surface area contributed by atoms with Crippen molar-refractivity contribution in [2.75, 3.05) is 7.11 Å². The van der Waals surface area contributed by atoms with E-state index in [-0.39, 0.29) is 4.21 Å². The standard InChI is InChI=1S/C16H14ClNO3S/c1-16(17)8-7-12(22-16)9-13-15(19)21-14(18-13)10-3-5-11(20-2)6-4-10/h3-7,9H,8H2,1-2H3/b13-9-. The molecule has 0 spiro atoms. The molecule has 3 rings (SSSR count). The van der Waals surface area contributed by atoms with Gasteiger partial charge in [0, 0.05) is 10.5 Å². The average molecular weight is 336 g/mol. The molecular formula is C16H14ClNO3S. The lowest BCUT2D eigenvalue weighted by Crippen LogP contribution is -2.05. The minimum absolute atomic E-state index is 0.291. The molecule has 0 radical (unpaired) electrons. The fraction of sp³-hybridized carbons (Fsp3) is 0.250. The lowest BCUT2D eigenvalue weighted by Gasteiger charge is -2.11. The van der Waals surface area contributed by atoms with Crippen molar-refractivity contribution in [3.8, 4) is 5.75 Å². The first-order valence-electron chi connectivity index (χ1n) is 6.72. The second-order valence-electron chi connectivity index (χ2n) is 5.08. The van der Waals surface area contributed by atoms with Crippen LogP contribution in [0, 0.1) is 0 Å². The Morgan fingerprint density at radius 3 is 2.73 bits per heavy atom. The molecule has 0 saturated carbocycles. The first kappa shape index (κ1) is 15.2. The predicted molar refractivity (Wildman–Crippen MR) is 88.3 cm³/mol. The summed E-state index contributed by atoms with van der Waals surface area (Å²) in [5.74, 6) is 0.588. The molecule has 22 heavy (non-hydrogen) atoms. The summed E-state index contributed by atoms with van der Waals surface area (Å²) < 4.78 is 9.98. The van der Waals surface area contributed by atoms with Crippen LogP contribution in [0.4, 0.5) is 0 Å². The van der Waals surface area contributed by atoms with E-state index in [9.17, 15) is 4.79 Å². The van der Waals surface area contributed by atoms with Gasteiger partial charge in [0.05, 0.1) is 11.3 Å². The molecule has 6 heteroatoms. The molecule has 0 saturated heterocycles. The summed E-state index contributed by atoms with van der Waals surface area (Å²) in [6, 6.07) is 7.18. The van der Waals surface area contributed by atoms with E-state index in [1.807, 2.05) is 13.0 Å². The highest BCUT2D eigenvalue weighted by molar-refractivity contribution is 8.06. The number of allylic oxidation sites excluding steroid dienone is 2. The molecule has 1 unspecified atom stereocenters. The lowest BCUT2D eigenvalue weighted by atomic mass is 10.2. The molecule has 0 N–H and O–H groups in total. The highest BCUT2D eigenvalue weighted by Gasteiger charge is 2.29. The summed E-state index contributed by atoms with van der Waals surface area (Å²) in [5.41, 5.74) is 1.02. The number of halogens is 1. The average Bonchev–Trinajstić information content (AvgIpc) is 3.02. The summed E-state index contributed by atoms with van der Waals surface area (Å²) in [5, 5.41) is 0. The van der Waals surface area contributed by atoms with Gasteiger partial charge in [-0.15, -0.1) is 23.4 Å². The number of cyclic esters (lactones) is 1. The fourth-order valence-corrected chi connectivity index (χ4v) is 3.44. The van der Waals surface area contributed by atoms with Gasteiger partial charge in [0.1, 0.15) is 5.75 Å². The Labute approximate surface area is 137 Å². The molecule has 1 aromatic rings. The molecule has 0 amide bonds. The molecule has 1 aromatic carbocycles. The van der Waals surface area contributed by atoms with Gasteiger partial charge >= 0.3 is 5.97 Å². The summed E-state index contributed by atoms with van der Waals surface area (Å²) in [4.78, 5) is 17.1. The van der Waals surface area contributed by atoms with E-state index in [0.29, 0.717) is 11.6 Å². The maximum atomic E-state index is 11.9. The van der Waals surface area contributed by atoms with Crippen LogP contribution in [0.3, 0.4) is 0 Å². The first-order valence-corrected chi connectivity index (χ1v) is 7.91. The number of nitrogens with zero attached hydrogens (tertiary/aromatic N) is 1. The second kappa shape index (κ2) is 5.82. The van der Waals surface area contributed by atoms with Gasteiger partial charge in [-0.25, -0.2) is 9.79 Å². The third-order valence-electron chi connectivity index (χ3n) is 3.23. The largest absolute Gasteiger partial charge is 0.497 e. The van der Waals surface area contributed by atoms with Crippen LogP contribution in [0.15, 0.2) is 52.0 Å². The molecule has 4 nitrogen and oxygen atoms in total. The van der Waals surface area contributed by atoms with Crippen LogP contribution in [0.2, 0.25) is 0 Å². The van der Waals surface area contributed by atoms with Gasteiger partial charge in [-0.3, -0.25) is 0 Å². The van der Waals surface area contributed by atoms with E-state index in [2.05, 4.69) is 4.99 Å². The third kappa shape index (κ3) is 3.20. The summed E-state index contributed by atoms with van der Waals surface area (Å²) in [6.07, 6.45) is 4.47. The van der Waals surface area contributed by atoms with Gasteiger partial charge in [-0.1, -0.05) is 6.08 Å². The van der Waals surface area contributed by atoms with Crippen molar-refractivity contribution in [2.45, 2.75) is 17.6 Å². The zero-order chi connectivity index (χ0) is 15.7. The number of benzene rings is 1. The van der Waals surface area contributed by atoms with E-state index >= 15 is 0 Å². The SMILES string of the molecule is COc1ccc(C2=N/C(=C\C3=CCC(C)(Cl)S3)C(=O)O2)cc1. The Morgan fingerprint density at radius 2 is 2.14 bits per heavy atom. The highest BCUT2D eigenvalue weighted by atomic mass is 35.5. The van der Waals surface area contributed by atoms with Gasteiger partial charge in [0.15, 0.2) is 5.70 Å². The van der Waals surface area contributed by atoms with Crippen LogP contribution in [0.25, 0.3) is 0 Å². The molecule has 114 valence electrons. The van der Waals surface area contributed by atoms with Crippen molar-refractivity contribution in [3.05, 3.63) is 52.6 Å². The maximum absolute atomic E-state index is 11.9. The Morgan fingerprint density at radius 1 is 1.41 bits per heavy atom. The number of rotatable bonds is 3. The van der Waals surface area contributed by atoms with Crippen LogP contribution >= 0.6 is 23.4 Å². The smallest absolute Gasteiger partial charge is 0.363 e. The Bertz CT molecular complexity index is 705. The Kier molecular flexibility index (Phi) is 4.02. The number of esters is 1. The lowest BCUT2D eigenvalue weighted by molar-refractivity contribution is -0.130.